The number of piperazine rings is 1. The van der Waals surface area contributed by atoms with Gasteiger partial charge in [0.2, 0.25) is 5.91 Å². The third-order valence-electron chi connectivity index (χ3n) is 14.4. The largest absolute Gasteiger partial charge is 0.508 e. The first-order valence-corrected chi connectivity index (χ1v) is 20.9. The Morgan fingerprint density at radius 1 is 0.714 bits per heavy atom. The highest BCUT2D eigenvalue weighted by atomic mass is 16.3. The number of aromatic hydroxyl groups is 1. The molecule has 2 N–H and O–H groups in total. The van der Waals surface area contributed by atoms with E-state index < -0.39 is 6.04 Å². The number of amides is 2. The molecular formula is C48H53N5O3. The molecule has 3 saturated heterocycles. The van der Waals surface area contributed by atoms with Crippen LogP contribution in [0.2, 0.25) is 0 Å². The molecule has 1 spiro atoms. The third kappa shape index (κ3) is 6.36. The van der Waals surface area contributed by atoms with Crippen LogP contribution in [-0.4, -0.2) is 78.1 Å². The van der Waals surface area contributed by atoms with E-state index in [1.54, 1.807) is 4.90 Å². The van der Waals surface area contributed by atoms with Crippen molar-refractivity contribution < 1.29 is 14.7 Å². The van der Waals surface area contributed by atoms with E-state index in [1.807, 2.05) is 18.2 Å². The van der Waals surface area contributed by atoms with Gasteiger partial charge in [-0.2, -0.15) is 0 Å². The normalized spacial score (nSPS) is 25.2. The van der Waals surface area contributed by atoms with Crippen LogP contribution in [0.4, 0.5) is 11.4 Å². The molecule has 0 aromatic heterocycles. The number of aryl methyl sites for hydroxylation is 1. The van der Waals surface area contributed by atoms with Crippen molar-refractivity contribution in [3.8, 4) is 5.75 Å². The highest BCUT2D eigenvalue weighted by Crippen LogP contribution is 2.52. The van der Waals surface area contributed by atoms with Crippen molar-refractivity contribution in [3.05, 3.63) is 137 Å². The first-order chi connectivity index (χ1) is 27.3. The van der Waals surface area contributed by atoms with Gasteiger partial charge < -0.3 is 25.1 Å². The Hall–Kier alpha value is -5.08. The summed E-state index contributed by atoms with van der Waals surface area (Å²) in [4.78, 5) is 35.4. The number of phenolic OH excluding ortho intramolecular Hbond substituents is 1. The molecule has 8 nitrogen and oxygen atoms in total. The van der Waals surface area contributed by atoms with Crippen molar-refractivity contribution in [1.29, 1.82) is 0 Å². The van der Waals surface area contributed by atoms with E-state index in [0.29, 0.717) is 42.5 Å². The number of benzene rings is 4. The second kappa shape index (κ2) is 14.1. The van der Waals surface area contributed by atoms with E-state index in [1.165, 1.54) is 59.3 Å². The lowest BCUT2D eigenvalue weighted by molar-refractivity contribution is -0.126. The molecule has 4 aromatic carbocycles. The fourth-order valence-corrected chi connectivity index (χ4v) is 11.2. The Morgan fingerprint density at radius 2 is 1.45 bits per heavy atom. The zero-order valence-corrected chi connectivity index (χ0v) is 32.3. The lowest BCUT2D eigenvalue weighted by Gasteiger charge is -2.56. The van der Waals surface area contributed by atoms with E-state index in [-0.39, 0.29) is 17.7 Å². The van der Waals surface area contributed by atoms with Gasteiger partial charge in [0, 0.05) is 80.4 Å². The summed E-state index contributed by atoms with van der Waals surface area (Å²) in [5.74, 6) is 0.904. The molecule has 0 radical (unpaired) electrons. The SMILES string of the molecule is C=C1CCC(N2Cc3cc(N4CCN(C5CC6(CCN(c7ccc([C@@H]8c9ccc(O)cc9CC[C@@H]8c8ccccc8)cc7)CC6)C5)CC4)ccc3C2=O)C(=O)N1. The predicted molar refractivity (Wildman–Crippen MR) is 221 cm³/mol. The third-order valence-corrected chi connectivity index (χ3v) is 14.4. The lowest BCUT2D eigenvalue weighted by atomic mass is 9.60. The number of nitrogens with one attached hydrogen (secondary N) is 1. The van der Waals surface area contributed by atoms with Crippen molar-refractivity contribution in [2.75, 3.05) is 49.1 Å². The molecule has 6 aliphatic rings. The van der Waals surface area contributed by atoms with Crippen LogP contribution in [0, 0.1) is 5.41 Å². The van der Waals surface area contributed by atoms with Gasteiger partial charge in [0.1, 0.15) is 11.8 Å². The monoisotopic (exact) mass is 747 g/mol. The van der Waals surface area contributed by atoms with Gasteiger partial charge in [0.05, 0.1) is 0 Å². The van der Waals surface area contributed by atoms with Crippen molar-refractivity contribution in [1.82, 2.24) is 15.1 Å². The fraction of sp³-hybridized carbons (Fsp3) is 0.417. The van der Waals surface area contributed by atoms with Gasteiger partial charge in [-0.25, -0.2) is 0 Å². The van der Waals surface area contributed by atoms with Crippen LogP contribution < -0.4 is 15.1 Å². The van der Waals surface area contributed by atoms with E-state index >= 15 is 0 Å². The van der Waals surface area contributed by atoms with Crippen LogP contribution in [0.1, 0.15) is 95.0 Å². The summed E-state index contributed by atoms with van der Waals surface area (Å²) in [6.07, 6.45) is 8.58. The topological polar surface area (TPSA) is 79.4 Å². The number of anilines is 2. The smallest absolute Gasteiger partial charge is 0.255 e. The average molecular weight is 748 g/mol. The minimum absolute atomic E-state index is 0.0341. The van der Waals surface area contributed by atoms with Crippen molar-refractivity contribution in [2.45, 2.75) is 81.8 Å². The molecule has 4 aliphatic heterocycles. The maximum absolute atomic E-state index is 13.2. The number of carbonyl (C=O) groups is 2. The van der Waals surface area contributed by atoms with Crippen LogP contribution in [-0.2, 0) is 17.8 Å². The lowest BCUT2D eigenvalue weighted by Crippen LogP contribution is -2.59. The maximum atomic E-state index is 13.2. The zero-order valence-electron chi connectivity index (χ0n) is 32.3. The Balaban J connectivity index is 0.728. The summed E-state index contributed by atoms with van der Waals surface area (Å²) in [5, 5.41) is 13.1. The Kier molecular flexibility index (Phi) is 8.92. The summed E-state index contributed by atoms with van der Waals surface area (Å²) < 4.78 is 0. The molecule has 1 saturated carbocycles. The average Bonchev–Trinajstić information content (AvgIpc) is 3.54. The Bertz CT molecular complexity index is 2140. The molecule has 1 unspecified atom stereocenters. The van der Waals surface area contributed by atoms with Gasteiger partial charge in [-0.05, 0) is 133 Å². The van der Waals surface area contributed by atoms with Crippen molar-refractivity contribution in [3.63, 3.8) is 0 Å². The van der Waals surface area contributed by atoms with Gasteiger partial charge in [-0.3, -0.25) is 14.5 Å². The molecule has 8 heteroatoms. The molecule has 288 valence electrons. The molecule has 3 atom stereocenters. The molecule has 56 heavy (non-hydrogen) atoms. The van der Waals surface area contributed by atoms with Gasteiger partial charge in [0.15, 0.2) is 0 Å². The summed E-state index contributed by atoms with van der Waals surface area (Å²) in [7, 11) is 0. The summed E-state index contributed by atoms with van der Waals surface area (Å²) in [6, 6.07) is 32.9. The van der Waals surface area contributed by atoms with Crippen LogP contribution in [0.3, 0.4) is 0 Å². The number of allylic oxidation sites excluding steroid dienone is 1. The standard InChI is InChI=1S/C48H53N5O3/c1-32-7-18-44(46(55)49-32)53-31-36-27-38(13-16-43(36)47(53)56)51-23-25-52(26-24-51)39-29-48(30-39)19-21-50(22-20-48)37-11-8-34(9-12-37)45-41(33-5-3-2-4-6-33)15-10-35-28-40(54)14-17-42(35)45/h2-6,8-9,11-14,16-17,27-28,39,41,44-45,54H,1,7,10,15,18-26,29-31H2,(H,49,55)/t41-,44?,45+/m1/s1. The number of fused-ring (bicyclic) bond motifs is 2. The van der Waals surface area contributed by atoms with Gasteiger partial charge >= 0.3 is 0 Å². The molecule has 10 rings (SSSR count). The molecule has 4 fully saturated rings. The summed E-state index contributed by atoms with van der Waals surface area (Å²) in [6.45, 7) is 10.8. The van der Waals surface area contributed by atoms with E-state index in [4.69, 9.17) is 0 Å². The number of phenols is 1. The summed E-state index contributed by atoms with van der Waals surface area (Å²) in [5.41, 5.74) is 10.9. The van der Waals surface area contributed by atoms with Gasteiger partial charge in [-0.15, -0.1) is 0 Å². The van der Waals surface area contributed by atoms with E-state index in [0.717, 1.165) is 68.9 Å². The van der Waals surface area contributed by atoms with Crippen molar-refractivity contribution in [2.24, 2.45) is 5.41 Å². The molecule has 4 heterocycles. The number of nitrogens with zero attached hydrogens (tertiary/aromatic N) is 4. The molecular weight excluding hydrogens is 695 g/mol. The predicted octanol–water partition coefficient (Wildman–Crippen LogP) is 7.57. The quantitative estimate of drug-likeness (QED) is 0.212. The van der Waals surface area contributed by atoms with Gasteiger partial charge in [-0.1, -0.05) is 55.1 Å². The highest BCUT2D eigenvalue weighted by Gasteiger charge is 2.48. The number of carbonyl (C=O) groups excluding carboxylic acids is 2. The van der Waals surface area contributed by atoms with E-state index in [2.05, 4.69) is 99.4 Å². The van der Waals surface area contributed by atoms with Crippen LogP contribution in [0.5, 0.6) is 5.75 Å². The van der Waals surface area contributed by atoms with Crippen LogP contribution >= 0.6 is 0 Å². The second-order valence-corrected chi connectivity index (χ2v) is 17.5. The number of hydrogen-bond donors (Lipinski definition) is 2. The Labute approximate surface area is 330 Å². The minimum Gasteiger partial charge on any atom is -0.508 e. The number of rotatable bonds is 6. The highest BCUT2D eigenvalue weighted by molar-refractivity contribution is 6.01. The van der Waals surface area contributed by atoms with Crippen LogP contribution in [0.25, 0.3) is 0 Å². The molecule has 2 aliphatic carbocycles. The zero-order chi connectivity index (χ0) is 38.0. The van der Waals surface area contributed by atoms with E-state index in [9.17, 15) is 14.7 Å². The molecule has 0 bridgehead atoms. The number of hydrogen-bond acceptors (Lipinski definition) is 6. The summed E-state index contributed by atoms with van der Waals surface area (Å²) >= 11 is 0. The fourth-order valence-electron chi connectivity index (χ4n) is 11.2. The van der Waals surface area contributed by atoms with Crippen LogP contribution in [0.15, 0.2) is 103 Å². The first kappa shape index (κ1) is 35.3. The maximum Gasteiger partial charge on any atom is 0.255 e. The Morgan fingerprint density at radius 3 is 2.20 bits per heavy atom. The van der Waals surface area contributed by atoms with Crippen molar-refractivity contribution >= 4 is 23.2 Å². The second-order valence-electron chi connectivity index (χ2n) is 17.5. The molecule has 4 aromatic rings. The number of piperidine rings is 2. The van der Waals surface area contributed by atoms with Gasteiger partial charge in [0.25, 0.3) is 5.91 Å². The molecule has 2 amide bonds. The first-order valence-electron chi connectivity index (χ1n) is 20.9. The minimum atomic E-state index is -0.422.